The van der Waals surface area contributed by atoms with Crippen LogP contribution >= 0.6 is 23.5 Å². The van der Waals surface area contributed by atoms with Gasteiger partial charge in [0.05, 0.1) is 12.7 Å². The molecule has 0 unspecified atom stereocenters. The Labute approximate surface area is 181 Å². The van der Waals surface area contributed by atoms with Crippen LogP contribution in [0, 0.1) is 0 Å². The topological polar surface area (TPSA) is 46.6 Å². The molecule has 0 saturated carbocycles. The van der Waals surface area contributed by atoms with Gasteiger partial charge in [0.1, 0.15) is 4.08 Å². The highest BCUT2D eigenvalue weighted by atomic mass is 32.2. The highest BCUT2D eigenvalue weighted by Gasteiger charge is 2.38. The van der Waals surface area contributed by atoms with Gasteiger partial charge in [-0.25, -0.2) is 4.79 Å². The van der Waals surface area contributed by atoms with Crippen molar-refractivity contribution in [1.29, 1.82) is 0 Å². The fraction of sp³-hybridized carbons (Fsp3) is 0.391. The lowest BCUT2D eigenvalue weighted by Crippen LogP contribution is -2.29. The normalized spacial score (nSPS) is 15.6. The van der Waals surface area contributed by atoms with Crippen molar-refractivity contribution in [3.8, 4) is 0 Å². The van der Waals surface area contributed by atoms with Crippen LogP contribution in [-0.2, 0) is 8.82 Å². The van der Waals surface area contributed by atoms with E-state index in [0.29, 0.717) is 17.7 Å². The molecule has 4 nitrogen and oxygen atoms in total. The zero-order chi connectivity index (χ0) is 20.9. The molecule has 2 aromatic rings. The minimum absolute atomic E-state index is 0.0760. The molecule has 2 aromatic carbocycles. The predicted octanol–water partition coefficient (Wildman–Crippen LogP) is 5.03. The molecule has 1 saturated heterocycles. The Kier molecular flexibility index (Phi) is 7.30. The molecule has 154 valence electrons. The zero-order valence-electron chi connectivity index (χ0n) is 17.1. The highest BCUT2D eigenvalue weighted by molar-refractivity contribution is 8.18. The van der Waals surface area contributed by atoms with Crippen molar-refractivity contribution in [2.75, 3.05) is 32.2 Å². The second-order valence-electron chi connectivity index (χ2n) is 7.05. The van der Waals surface area contributed by atoms with Gasteiger partial charge in [-0.3, -0.25) is 4.79 Å². The molecule has 1 aliphatic heterocycles. The summed E-state index contributed by atoms with van der Waals surface area (Å²) in [5.74, 6) is 1.56. The molecule has 0 atom stereocenters. The minimum Gasteiger partial charge on any atom is -0.465 e. The fourth-order valence-corrected chi connectivity index (χ4v) is 6.87. The monoisotopic (exact) mass is 429 g/mol. The summed E-state index contributed by atoms with van der Waals surface area (Å²) in [6, 6.07) is 15.8. The van der Waals surface area contributed by atoms with Crippen molar-refractivity contribution in [2.24, 2.45) is 0 Å². The molecule has 29 heavy (non-hydrogen) atoms. The predicted molar refractivity (Wildman–Crippen MR) is 122 cm³/mol. The third kappa shape index (κ3) is 4.64. The van der Waals surface area contributed by atoms with E-state index in [-0.39, 0.29) is 9.99 Å². The highest BCUT2D eigenvalue weighted by Crippen LogP contribution is 2.55. The molecular weight excluding hydrogens is 402 g/mol. The van der Waals surface area contributed by atoms with Gasteiger partial charge in [0.25, 0.3) is 5.91 Å². The van der Waals surface area contributed by atoms with Gasteiger partial charge in [-0.1, -0.05) is 37.3 Å². The van der Waals surface area contributed by atoms with Crippen LogP contribution < -0.4 is 0 Å². The number of carbonyl (C=O) groups is 2. The van der Waals surface area contributed by atoms with Gasteiger partial charge in [-0.15, -0.1) is 23.5 Å². The summed E-state index contributed by atoms with van der Waals surface area (Å²) in [4.78, 5) is 27.1. The van der Waals surface area contributed by atoms with Crippen LogP contribution in [0.4, 0.5) is 0 Å². The van der Waals surface area contributed by atoms with Crippen LogP contribution in [0.25, 0.3) is 0 Å². The molecule has 3 rings (SSSR count). The first-order valence-electron chi connectivity index (χ1n) is 9.84. The molecule has 0 spiro atoms. The number of thioether (sulfide) groups is 2. The largest absolute Gasteiger partial charge is 0.465 e. The number of rotatable bonds is 6. The number of esters is 1. The van der Waals surface area contributed by atoms with E-state index >= 15 is 0 Å². The Bertz CT molecular complexity index is 864. The quantitative estimate of drug-likeness (QED) is 0.603. The maximum atomic E-state index is 13.0. The second kappa shape index (κ2) is 9.72. The number of nitrogens with zero attached hydrogens (tertiary/aromatic N) is 1. The van der Waals surface area contributed by atoms with E-state index in [1.165, 1.54) is 12.7 Å². The summed E-state index contributed by atoms with van der Waals surface area (Å²) in [5, 5.41) is 0. The van der Waals surface area contributed by atoms with Crippen molar-refractivity contribution < 1.29 is 14.3 Å². The Morgan fingerprint density at radius 1 is 1.03 bits per heavy atom. The summed E-state index contributed by atoms with van der Waals surface area (Å²) >= 11 is 3.74. The molecule has 0 aromatic heterocycles. The lowest BCUT2D eigenvalue weighted by molar-refractivity contribution is 0.0600. The fourth-order valence-electron chi connectivity index (χ4n) is 3.52. The number of benzene rings is 2. The first-order chi connectivity index (χ1) is 14.0. The lowest BCUT2D eigenvalue weighted by atomic mass is 9.98. The van der Waals surface area contributed by atoms with E-state index in [1.54, 1.807) is 18.0 Å². The third-order valence-electron chi connectivity index (χ3n) is 4.94. The third-order valence-corrected chi connectivity index (χ3v) is 8.39. The SMILES string of the molecule is CCCN(C)C(=O)c1cc(C(=O)OC)cc(C2(c3ccccc3)SCCCS2)c1. The van der Waals surface area contributed by atoms with Crippen molar-refractivity contribution in [3.05, 3.63) is 70.8 Å². The van der Waals surface area contributed by atoms with Crippen molar-refractivity contribution >= 4 is 35.4 Å². The van der Waals surface area contributed by atoms with Gasteiger partial charge in [0, 0.05) is 19.2 Å². The van der Waals surface area contributed by atoms with Gasteiger partial charge >= 0.3 is 5.97 Å². The number of methoxy groups -OCH3 is 1. The number of carbonyl (C=O) groups excluding carboxylic acids is 2. The Balaban J connectivity index is 2.16. The lowest BCUT2D eigenvalue weighted by Gasteiger charge is -2.37. The van der Waals surface area contributed by atoms with Gasteiger partial charge in [0.2, 0.25) is 0 Å². The summed E-state index contributed by atoms with van der Waals surface area (Å²) in [7, 11) is 3.17. The van der Waals surface area contributed by atoms with E-state index in [1.807, 2.05) is 60.8 Å². The molecule has 6 heteroatoms. The van der Waals surface area contributed by atoms with Crippen LogP contribution in [0.3, 0.4) is 0 Å². The molecule has 1 amide bonds. The number of ether oxygens (including phenoxy) is 1. The van der Waals surface area contributed by atoms with Crippen molar-refractivity contribution in [2.45, 2.75) is 23.8 Å². The first-order valence-corrected chi connectivity index (χ1v) is 11.8. The summed E-state index contributed by atoms with van der Waals surface area (Å²) in [5.41, 5.74) is 3.09. The van der Waals surface area contributed by atoms with Crippen LogP contribution in [-0.4, -0.2) is 49.0 Å². The maximum absolute atomic E-state index is 13.0. The number of hydrogen-bond donors (Lipinski definition) is 0. The van der Waals surface area contributed by atoms with Crippen LogP contribution in [0.15, 0.2) is 48.5 Å². The van der Waals surface area contributed by atoms with E-state index < -0.39 is 5.97 Å². The Morgan fingerprint density at radius 3 is 2.31 bits per heavy atom. The smallest absolute Gasteiger partial charge is 0.337 e. The number of amides is 1. The standard InChI is InChI=1S/C23H27NO3S2/c1-4-11-24(2)21(25)17-14-18(22(26)27-3)16-20(15-17)23(28-12-8-13-29-23)19-9-6-5-7-10-19/h5-7,9-10,14-16H,4,8,11-13H2,1-3H3. The molecule has 1 heterocycles. The molecule has 0 bridgehead atoms. The average molecular weight is 430 g/mol. The van der Waals surface area contributed by atoms with E-state index in [0.717, 1.165) is 29.9 Å². The first kappa shape index (κ1) is 21.8. The van der Waals surface area contributed by atoms with E-state index in [2.05, 4.69) is 12.1 Å². The van der Waals surface area contributed by atoms with Gasteiger partial charge in [-0.05, 0) is 53.7 Å². The number of hydrogen-bond acceptors (Lipinski definition) is 5. The molecule has 0 aliphatic carbocycles. The summed E-state index contributed by atoms with van der Waals surface area (Å²) < 4.78 is 4.64. The summed E-state index contributed by atoms with van der Waals surface area (Å²) in [6.45, 7) is 2.71. The van der Waals surface area contributed by atoms with Crippen LogP contribution in [0.5, 0.6) is 0 Å². The van der Waals surface area contributed by atoms with Crippen LogP contribution in [0.1, 0.15) is 51.6 Å². The molecule has 1 fully saturated rings. The van der Waals surface area contributed by atoms with Crippen molar-refractivity contribution in [1.82, 2.24) is 4.90 Å². The molecule has 0 N–H and O–H groups in total. The Hall–Kier alpha value is -1.92. The maximum Gasteiger partial charge on any atom is 0.337 e. The van der Waals surface area contributed by atoms with E-state index in [9.17, 15) is 9.59 Å². The van der Waals surface area contributed by atoms with Gasteiger partial charge in [-0.2, -0.15) is 0 Å². The Morgan fingerprint density at radius 2 is 1.69 bits per heavy atom. The molecule has 1 aliphatic rings. The molecule has 0 radical (unpaired) electrons. The molecular formula is C23H27NO3S2. The van der Waals surface area contributed by atoms with Crippen LogP contribution in [0.2, 0.25) is 0 Å². The second-order valence-corrected chi connectivity index (χ2v) is 9.93. The van der Waals surface area contributed by atoms with Gasteiger partial charge in [0.15, 0.2) is 0 Å². The van der Waals surface area contributed by atoms with Crippen molar-refractivity contribution in [3.63, 3.8) is 0 Å². The zero-order valence-corrected chi connectivity index (χ0v) is 18.8. The summed E-state index contributed by atoms with van der Waals surface area (Å²) in [6.07, 6.45) is 2.02. The average Bonchev–Trinajstić information content (AvgIpc) is 2.78. The van der Waals surface area contributed by atoms with Gasteiger partial charge < -0.3 is 9.64 Å². The minimum atomic E-state index is -0.423. The van der Waals surface area contributed by atoms with E-state index in [4.69, 9.17) is 4.74 Å².